The first-order valence-electron chi connectivity index (χ1n) is 7.91. The van der Waals surface area contributed by atoms with Gasteiger partial charge in [-0.2, -0.15) is 0 Å². The van der Waals surface area contributed by atoms with Crippen molar-refractivity contribution in [2.45, 2.75) is 45.6 Å². The van der Waals surface area contributed by atoms with Crippen molar-refractivity contribution in [1.29, 1.82) is 0 Å². The van der Waals surface area contributed by atoms with Gasteiger partial charge in [-0.3, -0.25) is 9.79 Å². The van der Waals surface area contributed by atoms with Crippen LogP contribution in [0.15, 0.2) is 21.5 Å². The zero-order valence-corrected chi connectivity index (χ0v) is 13.4. The normalized spacial score (nSPS) is 17.5. The lowest BCUT2D eigenvalue weighted by Crippen LogP contribution is -2.42. The highest BCUT2D eigenvalue weighted by atomic mass is 16.3. The molecule has 1 aliphatic carbocycles. The van der Waals surface area contributed by atoms with Crippen molar-refractivity contribution in [2.24, 2.45) is 16.1 Å². The van der Waals surface area contributed by atoms with Gasteiger partial charge in [-0.1, -0.05) is 19.8 Å². The van der Waals surface area contributed by atoms with Crippen LogP contribution in [-0.2, 0) is 6.54 Å². The van der Waals surface area contributed by atoms with Crippen LogP contribution in [0.1, 0.15) is 55.3 Å². The third-order valence-electron chi connectivity index (χ3n) is 4.60. The molecule has 0 aliphatic heterocycles. The number of guanidine groups is 1. The molecule has 4 N–H and O–H groups in total. The summed E-state index contributed by atoms with van der Waals surface area (Å²) < 4.78 is 5.34. The number of nitrogens with two attached hydrogens (primary N) is 1. The number of carbonyl (C=O) groups excluding carboxylic acids is 1. The minimum Gasteiger partial charge on any atom is -0.454 e. The second-order valence-electron chi connectivity index (χ2n) is 5.97. The van der Waals surface area contributed by atoms with Gasteiger partial charge in [0.05, 0.1) is 6.54 Å². The fourth-order valence-corrected chi connectivity index (χ4v) is 3.05. The molecule has 6 heteroatoms. The Kier molecular flexibility index (Phi) is 5.46. The van der Waals surface area contributed by atoms with Crippen molar-refractivity contribution < 1.29 is 9.21 Å². The highest BCUT2D eigenvalue weighted by molar-refractivity contribution is 5.89. The maximum absolute atomic E-state index is 11.0. The number of nitrogens with zero attached hydrogens (tertiary/aromatic N) is 1. The topological polar surface area (TPSA) is 92.6 Å². The summed E-state index contributed by atoms with van der Waals surface area (Å²) in [7, 11) is 1.75. The van der Waals surface area contributed by atoms with Gasteiger partial charge in [0.25, 0.3) is 5.91 Å². The molecule has 1 saturated carbocycles. The van der Waals surface area contributed by atoms with Crippen LogP contribution >= 0.6 is 0 Å². The standard InChI is InChI=1S/C16H26N4O2/c1-3-16(8-4-5-9-16)11-20-15(18-2)19-10-12-6-7-13(22-12)14(17)21/h6-7H,3-5,8-11H2,1-2H3,(H2,17,21)(H2,18,19,20). The molecular formula is C16H26N4O2. The quantitative estimate of drug-likeness (QED) is 0.554. The molecule has 0 aromatic carbocycles. The van der Waals surface area contributed by atoms with E-state index in [1.54, 1.807) is 19.2 Å². The van der Waals surface area contributed by atoms with E-state index in [1.165, 1.54) is 32.1 Å². The Labute approximate surface area is 131 Å². The van der Waals surface area contributed by atoms with Crippen LogP contribution in [0, 0.1) is 5.41 Å². The van der Waals surface area contributed by atoms with Crippen molar-refractivity contribution >= 4 is 11.9 Å². The first-order valence-corrected chi connectivity index (χ1v) is 7.91. The van der Waals surface area contributed by atoms with E-state index in [2.05, 4.69) is 22.5 Å². The number of primary amides is 1. The van der Waals surface area contributed by atoms with E-state index in [0.29, 0.717) is 17.7 Å². The number of aliphatic imine (C=N–C) groups is 1. The summed E-state index contributed by atoms with van der Waals surface area (Å²) in [5.41, 5.74) is 5.57. The summed E-state index contributed by atoms with van der Waals surface area (Å²) in [5, 5.41) is 6.60. The minimum atomic E-state index is -0.556. The van der Waals surface area contributed by atoms with E-state index in [9.17, 15) is 4.79 Å². The molecule has 1 aliphatic rings. The number of hydrogen-bond donors (Lipinski definition) is 3. The Morgan fingerprint density at radius 2 is 2.09 bits per heavy atom. The Hall–Kier alpha value is -1.98. The molecule has 6 nitrogen and oxygen atoms in total. The number of rotatable bonds is 6. The molecular weight excluding hydrogens is 280 g/mol. The van der Waals surface area contributed by atoms with Gasteiger partial charge in [0.1, 0.15) is 5.76 Å². The number of furan rings is 1. The van der Waals surface area contributed by atoms with E-state index in [0.717, 1.165) is 12.5 Å². The van der Waals surface area contributed by atoms with Crippen LogP contribution in [0.3, 0.4) is 0 Å². The van der Waals surface area contributed by atoms with Crippen LogP contribution in [0.4, 0.5) is 0 Å². The van der Waals surface area contributed by atoms with Gasteiger partial charge in [0, 0.05) is 13.6 Å². The number of hydrogen-bond acceptors (Lipinski definition) is 3. The van der Waals surface area contributed by atoms with E-state index in [1.807, 2.05) is 0 Å². The summed E-state index contributed by atoms with van der Waals surface area (Å²) in [6.45, 7) is 3.66. The molecule has 1 aromatic rings. The predicted molar refractivity (Wildman–Crippen MR) is 86.6 cm³/mol. The summed E-state index contributed by atoms with van der Waals surface area (Å²) in [6.07, 6.45) is 6.41. The van der Waals surface area contributed by atoms with Gasteiger partial charge in [-0.15, -0.1) is 0 Å². The van der Waals surface area contributed by atoms with E-state index >= 15 is 0 Å². The first kappa shape index (κ1) is 16.4. The van der Waals surface area contributed by atoms with Crippen molar-refractivity contribution in [2.75, 3.05) is 13.6 Å². The SMILES string of the molecule is CCC1(CNC(=NC)NCc2ccc(C(N)=O)o2)CCCC1. The van der Waals surface area contributed by atoms with E-state index in [4.69, 9.17) is 10.2 Å². The molecule has 1 heterocycles. The van der Waals surface area contributed by atoms with Crippen LogP contribution in [0.5, 0.6) is 0 Å². The zero-order chi connectivity index (χ0) is 16.0. The second-order valence-corrected chi connectivity index (χ2v) is 5.97. The third-order valence-corrected chi connectivity index (χ3v) is 4.60. The van der Waals surface area contributed by atoms with Crippen LogP contribution in [0.2, 0.25) is 0 Å². The summed E-state index contributed by atoms with van der Waals surface area (Å²) >= 11 is 0. The van der Waals surface area contributed by atoms with Gasteiger partial charge >= 0.3 is 0 Å². The molecule has 0 radical (unpaired) electrons. The average molecular weight is 306 g/mol. The van der Waals surface area contributed by atoms with E-state index in [-0.39, 0.29) is 5.76 Å². The molecule has 0 atom stereocenters. The van der Waals surface area contributed by atoms with Crippen LogP contribution in [0.25, 0.3) is 0 Å². The highest BCUT2D eigenvalue weighted by Gasteiger charge is 2.31. The van der Waals surface area contributed by atoms with Gasteiger partial charge in [-0.05, 0) is 36.8 Å². The molecule has 1 amide bonds. The molecule has 1 fully saturated rings. The summed E-state index contributed by atoms with van der Waals surface area (Å²) in [6, 6.07) is 3.32. The maximum atomic E-state index is 11.0. The lowest BCUT2D eigenvalue weighted by Gasteiger charge is -2.28. The Balaban J connectivity index is 1.83. The van der Waals surface area contributed by atoms with Crippen molar-refractivity contribution in [3.63, 3.8) is 0 Å². The summed E-state index contributed by atoms with van der Waals surface area (Å²) in [5.74, 6) is 1.02. The molecule has 0 bridgehead atoms. The molecule has 2 rings (SSSR count). The third kappa shape index (κ3) is 4.02. The fraction of sp³-hybridized carbons (Fsp3) is 0.625. The van der Waals surface area contributed by atoms with Gasteiger partial charge in [-0.25, -0.2) is 0 Å². The minimum absolute atomic E-state index is 0.177. The number of amides is 1. The van der Waals surface area contributed by atoms with Gasteiger partial charge < -0.3 is 20.8 Å². The molecule has 22 heavy (non-hydrogen) atoms. The smallest absolute Gasteiger partial charge is 0.284 e. The number of nitrogens with one attached hydrogen (secondary N) is 2. The zero-order valence-electron chi connectivity index (χ0n) is 13.4. The fourth-order valence-electron chi connectivity index (χ4n) is 3.05. The maximum Gasteiger partial charge on any atom is 0.284 e. The predicted octanol–water partition coefficient (Wildman–Crippen LogP) is 2.01. The van der Waals surface area contributed by atoms with Crippen LogP contribution < -0.4 is 16.4 Å². The van der Waals surface area contributed by atoms with Gasteiger partial charge in [0.15, 0.2) is 11.7 Å². The Bertz CT molecular complexity index is 530. The first-order chi connectivity index (χ1) is 10.6. The monoisotopic (exact) mass is 306 g/mol. The van der Waals surface area contributed by atoms with Gasteiger partial charge in [0.2, 0.25) is 0 Å². The van der Waals surface area contributed by atoms with Crippen molar-refractivity contribution in [3.05, 3.63) is 23.7 Å². The lowest BCUT2D eigenvalue weighted by atomic mass is 9.83. The molecule has 1 aromatic heterocycles. The average Bonchev–Trinajstić information content (AvgIpc) is 3.17. The Morgan fingerprint density at radius 3 is 2.64 bits per heavy atom. The summed E-state index contributed by atoms with van der Waals surface area (Å²) in [4.78, 5) is 15.2. The van der Waals surface area contributed by atoms with E-state index < -0.39 is 5.91 Å². The lowest BCUT2D eigenvalue weighted by molar-refractivity contribution is 0.0972. The highest BCUT2D eigenvalue weighted by Crippen LogP contribution is 2.40. The Morgan fingerprint density at radius 1 is 1.36 bits per heavy atom. The van der Waals surface area contributed by atoms with Crippen LogP contribution in [-0.4, -0.2) is 25.5 Å². The molecule has 0 unspecified atom stereocenters. The molecule has 0 saturated heterocycles. The second kappa shape index (κ2) is 7.33. The van der Waals surface area contributed by atoms with Crippen molar-refractivity contribution in [3.8, 4) is 0 Å². The molecule has 122 valence electrons. The largest absolute Gasteiger partial charge is 0.454 e. The number of carbonyl (C=O) groups is 1. The molecule has 0 spiro atoms. The van der Waals surface area contributed by atoms with Crippen molar-refractivity contribution in [1.82, 2.24) is 10.6 Å².